The van der Waals surface area contributed by atoms with Crippen LogP contribution in [-0.4, -0.2) is 8.64 Å². The molecule has 0 saturated carbocycles. The summed E-state index contributed by atoms with van der Waals surface area (Å²) < 4.78 is 0.856. The Labute approximate surface area is 227 Å². The first kappa shape index (κ1) is 26.9. The van der Waals surface area contributed by atoms with Crippen LogP contribution in [0.4, 0.5) is 22.7 Å². The van der Waals surface area contributed by atoms with E-state index in [1.165, 1.54) is 0 Å². The number of thiocarbonyl (C=S) groups is 2. The monoisotopic (exact) mass is 543 g/mol. The maximum absolute atomic E-state index is 5.12. The number of anilines is 4. The van der Waals surface area contributed by atoms with E-state index in [0.717, 1.165) is 22.7 Å². The van der Waals surface area contributed by atoms with Gasteiger partial charge in [-0.05, 0) is 48.5 Å². The fourth-order valence-electron chi connectivity index (χ4n) is 3.03. The second-order valence-corrected chi connectivity index (χ2v) is 8.61. The Balaban J connectivity index is 0.000000227. The van der Waals surface area contributed by atoms with Crippen LogP contribution in [0.15, 0.2) is 121 Å². The third kappa shape index (κ3) is 7.86. The Bertz CT molecular complexity index is 956. The maximum Gasteiger partial charge on any atom is 2.00 e. The summed E-state index contributed by atoms with van der Waals surface area (Å²) in [6.07, 6.45) is 0. The summed E-state index contributed by atoms with van der Waals surface area (Å²) in [7, 11) is 0. The van der Waals surface area contributed by atoms with Gasteiger partial charge in [0.15, 0.2) is 0 Å². The van der Waals surface area contributed by atoms with Crippen molar-refractivity contribution in [3.63, 3.8) is 0 Å². The maximum atomic E-state index is 5.12. The quantitative estimate of drug-likeness (QED) is 0.150. The molecule has 0 saturated heterocycles. The van der Waals surface area contributed by atoms with E-state index in [4.69, 9.17) is 49.7 Å². The van der Waals surface area contributed by atoms with Crippen LogP contribution in [0.2, 0.25) is 0 Å². The van der Waals surface area contributed by atoms with Crippen molar-refractivity contribution in [1.82, 2.24) is 0 Å². The first-order valence-corrected chi connectivity index (χ1v) is 11.4. The van der Waals surface area contributed by atoms with E-state index in [1.54, 1.807) is 0 Å². The zero-order valence-electron chi connectivity index (χ0n) is 17.5. The Kier molecular flexibility index (Phi) is 11.4. The number of benzene rings is 4. The SMILES string of the molecule is S=C([S-])N(c1ccccc1)c1ccccc1.S=C([S-])N(c1ccccc1)c1ccccc1.[Mn+2]. The van der Waals surface area contributed by atoms with Crippen LogP contribution in [0.3, 0.4) is 0 Å². The van der Waals surface area contributed by atoms with Crippen LogP contribution in [0.5, 0.6) is 0 Å². The fraction of sp³-hybridized carbons (Fsp3) is 0. The van der Waals surface area contributed by atoms with Crippen LogP contribution in [0.25, 0.3) is 0 Å². The third-order valence-corrected chi connectivity index (χ3v) is 5.15. The van der Waals surface area contributed by atoms with Gasteiger partial charge in [0.05, 0.1) is 0 Å². The molecular weight excluding hydrogens is 524 g/mol. The standard InChI is InChI=1S/2C13H11NS2.Mn/c2*15-13(16)14(11-7-3-1-4-8-11)12-9-5-2-6-10-12;/h2*1-10H,(H,15,16);/q;;+2/p-2. The Hall–Kier alpha value is -2.38. The van der Waals surface area contributed by atoms with E-state index in [2.05, 4.69) is 0 Å². The number of nitrogens with zero attached hydrogens (tertiary/aromatic N) is 2. The third-order valence-electron chi connectivity index (χ3n) is 4.42. The fourth-order valence-corrected chi connectivity index (χ4v) is 3.87. The van der Waals surface area contributed by atoms with Crippen LogP contribution in [0, 0.1) is 0 Å². The van der Waals surface area contributed by atoms with Crippen molar-refractivity contribution in [2.24, 2.45) is 0 Å². The van der Waals surface area contributed by atoms with Crippen LogP contribution in [0.1, 0.15) is 0 Å². The molecule has 4 aromatic rings. The molecule has 0 fully saturated rings. The molecule has 0 aliphatic heterocycles. The molecule has 0 heterocycles. The summed E-state index contributed by atoms with van der Waals surface area (Å²) in [6, 6.07) is 39.6. The van der Waals surface area contributed by atoms with Gasteiger partial charge in [-0.25, -0.2) is 0 Å². The van der Waals surface area contributed by atoms with Crippen molar-refractivity contribution in [3.05, 3.63) is 121 Å². The number of hydrogen-bond donors (Lipinski definition) is 0. The molecular formula is C26H20MnN2S4. The Morgan fingerprint density at radius 3 is 0.758 bits per heavy atom. The average molecular weight is 544 g/mol. The molecule has 0 aromatic heterocycles. The Morgan fingerprint density at radius 1 is 0.424 bits per heavy atom. The molecule has 1 radical (unpaired) electrons. The van der Waals surface area contributed by atoms with E-state index in [1.807, 2.05) is 131 Å². The molecule has 0 aliphatic rings. The van der Waals surface area contributed by atoms with Crippen molar-refractivity contribution in [2.45, 2.75) is 0 Å². The summed E-state index contributed by atoms with van der Waals surface area (Å²) in [6.45, 7) is 0. The predicted molar refractivity (Wildman–Crippen MR) is 150 cm³/mol. The van der Waals surface area contributed by atoms with Gasteiger partial charge in [0.2, 0.25) is 0 Å². The van der Waals surface area contributed by atoms with Gasteiger partial charge >= 0.3 is 17.1 Å². The molecule has 0 bridgehead atoms. The van der Waals surface area contributed by atoms with Gasteiger partial charge in [-0.3, -0.25) is 0 Å². The summed E-state index contributed by atoms with van der Waals surface area (Å²) in [5.41, 5.74) is 3.98. The van der Waals surface area contributed by atoms with Crippen LogP contribution >= 0.6 is 24.4 Å². The van der Waals surface area contributed by atoms with Crippen molar-refractivity contribution >= 4 is 81.1 Å². The normalized spacial score (nSPS) is 9.45. The molecule has 0 spiro atoms. The molecule has 0 unspecified atom stereocenters. The largest absolute Gasteiger partial charge is 2.00 e. The number of hydrogen-bond acceptors (Lipinski definition) is 4. The molecule has 7 heteroatoms. The molecule has 33 heavy (non-hydrogen) atoms. The van der Waals surface area contributed by atoms with Crippen LogP contribution < -0.4 is 9.80 Å². The summed E-state index contributed by atoms with van der Waals surface area (Å²) in [5.74, 6) is 0. The zero-order valence-corrected chi connectivity index (χ0v) is 21.9. The second kappa shape index (κ2) is 14.0. The van der Waals surface area contributed by atoms with Crippen molar-refractivity contribution in [3.8, 4) is 0 Å². The topological polar surface area (TPSA) is 6.48 Å². The molecule has 165 valence electrons. The van der Waals surface area contributed by atoms with Gasteiger partial charge in [0.1, 0.15) is 0 Å². The molecule has 0 N–H and O–H groups in total. The minimum atomic E-state index is 0. The van der Waals surface area contributed by atoms with E-state index in [9.17, 15) is 0 Å². The molecule has 4 aromatic carbocycles. The minimum Gasteiger partial charge on any atom is -0.411 e. The number of rotatable bonds is 4. The smallest absolute Gasteiger partial charge is 0.411 e. The van der Waals surface area contributed by atoms with Crippen molar-refractivity contribution in [2.75, 3.05) is 9.80 Å². The van der Waals surface area contributed by atoms with Crippen LogP contribution in [-0.2, 0) is 42.3 Å². The summed E-state index contributed by atoms with van der Waals surface area (Å²) >= 11 is 20.5. The molecule has 0 aliphatic carbocycles. The van der Waals surface area contributed by atoms with E-state index in [-0.39, 0.29) is 17.1 Å². The molecule has 4 rings (SSSR count). The van der Waals surface area contributed by atoms with Gasteiger partial charge in [-0.15, -0.1) is 0 Å². The van der Waals surface area contributed by atoms with Crippen molar-refractivity contribution < 1.29 is 17.1 Å². The van der Waals surface area contributed by atoms with E-state index >= 15 is 0 Å². The van der Waals surface area contributed by atoms with Crippen molar-refractivity contribution in [1.29, 1.82) is 0 Å². The zero-order chi connectivity index (χ0) is 22.8. The average Bonchev–Trinajstić information content (AvgIpc) is 2.82. The number of para-hydroxylation sites is 4. The first-order valence-electron chi connectivity index (χ1n) is 9.80. The summed E-state index contributed by atoms with van der Waals surface area (Å²) in [4.78, 5) is 3.76. The van der Waals surface area contributed by atoms with Gasteiger partial charge in [0.25, 0.3) is 0 Å². The second-order valence-electron chi connectivity index (χ2n) is 6.54. The molecule has 0 atom stereocenters. The predicted octanol–water partition coefficient (Wildman–Crippen LogP) is 7.31. The van der Waals surface area contributed by atoms with E-state index < -0.39 is 0 Å². The summed E-state index contributed by atoms with van der Waals surface area (Å²) in [5, 5.41) is 0. The van der Waals surface area contributed by atoms with E-state index in [0.29, 0.717) is 8.64 Å². The van der Waals surface area contributed by atoms with Gasteiger partial charge in [0, 0.05) is 22.7 Å². The molecule has 2 nitrogen and oxygen atoms in total. The van der Waals surface area contributed by atoms with Gasteiger partial charge < -0.3 is 59.5 Å². The Morgan fingerprint density at radius 2 is 0.606 bits per heavy atom. The van der Waals surface area contributed by atoms with Gasteiger partial charge in [-0.1, -0.05) is 81.4 Å². The van der Waals surface area contributed by atoms with Gasteiger partial charge in [-0.2, -0.15) is 0 Å². The minimum absolute atomic E-state index is 0. The molecule has 0 amide bonds. The first-order chi connectivity index (χ1) is 15.6.